The molecule has 0 bridgehead atoms. The summed E-state index contributed by atoms with van der Waals surface area (Å²) in [6.45, 7) is 1.36. The highest BCUT2D eigenvalue weighted by molar-refractivity contribution is 7.10. The van der Waals surface area contributed by atoms with E-state index < -0.39 is 0 Å². The first kappa shape index (κ1) is 19.4. The largest absolute Gasteiger partial charge is 0.326 e. The van der Waals surface area contributed by atoms with Crippen molar-refractivity contribution in [3.05, 3.63) is 104 Å². The minimum Gasteiger partial charge on any atom is -0.326 e. The van der Waals surface area contributed by atoms with Crippen LogP contribution in [-0.2, 0) is 13.0 Å². The van der Waals surface area contributed by atoms with Crippen LogP contribution >= 0.6 is 22.7 Å². The Bertz CT molecular complexity index is 1390. The minimum atomic E-state index is -0.00121. The summed E-state index contributed by atoms with van der Waals surface area (Å²) in [6.07, 6.45) is 0.915. The molecule has 6 rings (SSSR count). The van der Waals surface area contributed by atoms with E-state index >= 15 is 0 Å². The third-order valence-electron chi connectivity index (χ3n) is 5.99. The summed E-state index contributed by atoms with van der Waals surface area (Å²) in [4.78, 5) is 18.2. The van der Waals surface area contributed by atoms with Crippen molar-refractivity contribution in [1.29, 1.82) is 0 Å². The van der Waals surface area contributed by atoms with Gasteiger partial charge in [0, 0.05) is 21.9 Å². The van der Waals surface area contributed by atoms with Crippen LogP contribution in [0.1, 0.15) is 37.3 Å². The van der Waals surface area contributed by atoms with Gasteiger partial charge in [-0.25, -0.2) is 4.68 Å². The maximum absolute atomic E-state index is 13.5. The second kappa shape index (κ2) is 8.00. The van der Waals surface area contributed by atoms with Gasteiger partial charge in [-0.3, -0.25) is 4.79 Å². The van der Waals surface area contributed by atoms with Crippen LogP contribution < -0.4 is 0 Å². The second-order valence-corrected chi connectivity index (χ2v) is 9.88. The Balaban J connectivity index is 1.26. The fraction of sp³-hybridized carbons (Fsp3) is 0.160. The number of carbonyl (C=O) groups is 1. The zero-order valence-electron chi connectivity index (χ0n) is 17.2. The van der Waals surface area contributed by atoms with Gasteiger partial charge in [0.05, 0.1) is 18.1 Å². The molecule has 0 saturated carbocycles. The number of benzene rings is 2. The number of fused-ring (bicyclic) bond motifs is 2. The normalized spacial score (nSPS) is 15.8. The summed E-state index contributed by atoms with van der Waals surface area (Å²) < 4.78 is 1.89. The zero-order valence-corrected chi connectivity index (χ0v) is 18.9. The van der Waals surface area contributed by atoms with Gasteiger partial charge in [-0.1, -0.05) is 35.5 Å². The summed E-state index contributed by atoms with van der Waals surface area (Å²) >= 11 is 3.51. The van der Waals surface area contributed by atoms with Crippen LogP contribution in [0.5, 0.6) is 0 Å². The molecule has 1 aliphatic rings. The van der Waals surface area contributed by atoms with E-state index in [4.69, 9.17) is 0 Å². The average Bonchev–Trinajstić information content (AvgIpc) is 3.60. The van der Waals surface area contributed by atoms with Crippen LogP contribution in [0, 0.1) is 0 Å². The Morgan fingerprint density at radius 2 is 1.84 bits per heavy atom. The van der Waals surface area contributed by atoms with Crippen LogP contribution in [0.2, 0.25) is 0 Å². The molecule has 0 radical (unpaired) electrons. The van der Waals surface area contributed by atoms with Crippen LogP contribution in [0.15, 0.2) is 77.5 Å². The minimum absolute atomic E-state index is 0.00121. The Hall–Kier alpha value is -3.29. The molecule has 3 aromatic heterocycles. The van der Waals surface area contributed by atoms with Gasteiger partial charge >= 0.3 is 0 Å². The highest BCUT2D eigenvalue weighted by Crippen LogP contribution is 2.40. The van der Waals surface area contributed by atoms with E-state index in [9.17, 15) is 4.79 Å². The summed E-state index contributed by atoms with van der Waals surface area (Å²) in [5, 5.41) is 12.7. The van der Waals surface area contributed by atoms with Gasteiger partial charge in [-0.05, 0) is 64.7 Å². The molecule has 0 spiro atoms. The van der Waals surface area contributed by atoms with Gasteiger partial charge in [0.2, 0.25) is 0 Å². The molecule has 0 aliphatic carbocycles. The Labute approximate surface area is 193 Å². The molecule has 158 valence electrons. The number of para-hydroxylation sites is 1. The van der Waals surface area contributed by atoms with Crippen molar-refractivity contribution in [1.82, 2.24) is 19.9 Å². The zero-order chi connectivity index (χ0) is 21.5. The van der Waals surface area contributed by atoms with E-state index in [1.165, 1.54) is 15.3 Å². The lowest BCUT2D eigenvalue weighted by molar-refractivity contribution is 0.0699. The molecule has 0 fully saturated rings. The predicted octanol–water partition coefficient (Wildman–Crippen LogP) is 5.39. The van der Waals surface area contributed by atoms with Crippen molar-refractivity contribution in [3.63, 3.8) is 0 Å². The number of hydrogen-bond donors (Lipinski definition) is 0. The highest BCUT2D eigenvalue weighted by Gasteiger charge is 2.33. The van der Waals surface area contributed by atoms with Crippen LogP contribution in [0.4, 0.5) is 0 Å². The van der Waals surface area contributed by atoms with Gasteiger partial charge in [-0.2, -0.15) is 0 Å². The Morgan fingerprint density at radius 3 is 2.69 bits per heavy atom. The van der Waals surface area contributed by atoms with Gasteiger partial charge in [0.25, 0.3) is 5.91 Å². The number of rotatable bonds is 4. The van der Waals surface area contributed by atoms with Crippen molar-refractivity contribution < 1.29 is 4.79 Å². The number of amides is 1. The molecular weight excluding hydrogens is 436 g/mol. The standard InChI is InChI=1S/C25H20N4OS2/c30-25(28-13-11-22-19(12-15-32-22)24(28)23-6-3-14-31-23)18-9-7-17(8-10-18)16-29-21-5-2-1-4-20(21)26-27-29/h1-10,12,14-15,24H,11,13,16H2. The number of thiophene rings is 2. The summed E-state index contributed by atoms with van der Waals surface area (Å²) in [5.41, 5.74) is 4.97. The third kappa shape index (κ3) is 3.34. The van der Waals surface area contributed by atoms with Crippen molar-refractivity contribution in [2.75, 3.05) is 6.54 Å². The molecule has 0 N–H and O–H groups in total. The molecule has 5 nitrogen and oxygen atoms in total. The van der Waals surface area contributed by atoms with E-state index in [-0.39, 0.29) is 11.9 Å². The number of carbonyl (C=O) groups excluding carboxylic acids is 1. The van der Waals surface area contributed by atoms with E-state index in [1.807, 2.05) is 58.1 Å². The Kier molecular flexibility index (Phi) is 4.85. The molecule has 1 unspecified atom stereocenters. The third-order valence-corrected chi connectivity index (χ3v) is 7.91. The van der Waals surface area contributed by atoms with Crippen molar-refractivity contribution in [3.8, 4) is 0 Å². The van der Waals surface area contributed by atoms with Crippen molar-refractivity contribution in [2.24, 2.45) is 0 Å². The first-order valence-electron chi connectivity index (χ1n) is 10.6. The van der Waals surface area contributed by atoms with Gasteiger partial charge < -0.3 is 4.90 Å². The van der Waals surface area contributed by atoms with E-state index in [0.29, 0.717) is 6.54 Å². The Morgan fingerprint density at radius 1 is 0.969 bits per heavy atom. The van der Waals surface area contributed by atoms with Crippen LogP contribution in [-0.4, -0.2) is 32.3 Å². The van der Waals surface area contributed by atoms with Crippen molar-refractivity contribution in [2.45, 2.75) is 19.0 Å². The lowest BCUT2D eigenvalue weighted by Gasteiger charge is -2.35. The fourth-order valence-corrected chi connectivity index (χ4v) is 6.17. The first-order valence-corrected chi connectivity index (χ1v) is 12.3. The molecule has 1 aliphatic heterocycles. The molecular formula is C25H20N4OS2. The van der Waals surface area contributed by atoms with E-state index in [2.05, 4.69) is 39.3 Å². The number of nitrogens with zero attached hydrogens (tertiary/aromatic N) is 4. The first-order chi connectivity index (χ1) is 15.8. The second-order valence-electron chi connectivity index (χ2n) is 7.90. The lowest BCUT2D eigenvalue weighted by Crippen LogP contribution is -2.39. The smallest absolute Gasteiger partial charge is 0.254 e. The molecule has 1 atom stereocenters. The van der Waals surface area contributed by atoms with Crippen LogP contribution in [0.25, 0.3) is 11.0 Å². The molecule has 1 amide bonds. The summed E-state index contributed by atoms with van der Waals surface area (Å²) in [6, 6.07) is 22.2. The topological polar surface area (TPSA) is 51.0 Å². The highest BCUT2D eigenvalue weighted by atomic mass is 32.1. The molecule has 2 aromatic carbocycles. The van der Waals surface area contributed by atoms with Gasteiger partial charge in [-0.15, -0.1) is 27.8 Å². The summed E-state index contributed by atoms with van der Waals surface area (Å²) in [5.74, 6) is 0.0815. The maximum Gasteiger partial charge on any atom is 0.254 e. The lowest BCUT2D eigenvalue weighted by atomic mass is 9.97. The average molecular weight is 457 g/mol. The molecule has 0 saturated heterocycles. The SMILES string of the molecule is O=C(c1ccc(Cn2nnc3ccccc32)cc1)N1CCc2sccc2C1c1cccs1. The van der Waals surface area contributed by atoms with E-state index in [0.717, 1.165) is 35.1 Å². The number of hydrogen-bond acceptors (Lipinski definition) is 5. The number of aromatic nitrogens is 3. The van der Waals surface area contributed by atoms with E-state index in [1.54, 1.807) is 22.7 Å². The molecule has 5 aromatic rings. The van der Waals surface area contributed by atoms with Gasteiger partial charge in [0.15, 0.2) is 0 Å². The quantitative estimate of drug-likeness (QED) is 0.364. The molecule has 4 heterocycles. The maximum atomic E-state index is 13.5. The predicted molar refractivity (Wildman–Crippen MR) is 128 cm³/mol. The van der Waals surface area contributed by atoms with Crippen LogP contribution in [0.3, 0.4) is 0 Å². The fourth-order valence-electron chi connectivity index (χ4n) is 4.41. The van der Waals surface area contributed by atoms with Gasteiger partial charge in [0.1, 0.15) is 5.52 Å². The molecule has 32 heavy (non-hydrogen) atoms. The molecule has 7 heteroatoms. The monoisotopic (exact) mass is 456 g/mol. The summed E-state index contributed by atoms with van der Waals surface area (Å²) in [7, 11) is 0. The van der Waals surface area contributed by atoms with Crippen molar-refractivity contribution >= 4 is 39.6 Å².